The molecule has 2 aromatic carbocycles. The highest BCUT2D eigenvalue weighted by atomic mass is 16.5. The summed E-state index contributed by atoms with van der Waals surface area (Å²) >= 11 is 0. The summed E-state index contributed by atoms with van der Waals surface area (Å²) < 4.78 is 11.5. The standard InChI is InChI=1S/C25H26N4O6/c26-23(27)16-6-8-18(9-7-16)34-13-3-10-28-11-12-29(25(33)24(28)32)19(15-22(30)31)21-14-17-4-1-2-5-20(17)35-21/h1-2,4-9,14,19H,3,10-13,15H2,(H3,26,27)(H,30,31). The van der Waals surface area contributed by atoms with Crippen LogP contribution in [0.1, 0.15) is 30.2 Å². The summed E-state index contributed by atoms with van der Waals surface area (Å²) in [5.74, 6) is -1.58. The van der Waals surface area contributed by atoms with Crippen molar-refractivity contribution in [3.8, 4) is 5.75 Å². The summed E-state index contributed by atoms with van der Waals surface area (Å²) in [6.45, 7) is 1.15. The van der Waals surface area contributed by atoms with Gasteiger partial charge in [0.15, 0.2) is 0 Å². The van der Waals surface area contributed by atoms with Crippen molar-refractivity contribution in [2.75, 3.05) is 26.2 Å². The van der Waals surface area contributed by atoms with Gasteiger partial charge in [-0.3, -0.25) is 19.8 Å². The van der Waals surface area contributed by atoms with E-state index in [9.17, 15) is 19.5 Å². The van der Waals surface area contributed by atoms with Crippen molar-refractivity contribution < 1.29 is 28.6 Å². The Labute approximate surface area is 201 Å². The maximum atomic E-state index is 12.9. The first kappa shape index (κ1) is 23.8. The Morgan fingerprint density at radius 1 is 1.11 bits per heavy atom. The van der Waals surface area contributed by atoms with Crippen molar-refractivity contribution >= 4 is 34.6 Å². The predicted octanol–water partition coefficient (Wildman–Crippen LogP) is 2.37. The summed E-state index contributed by atoms with van der Waals surface area (Å²) in [6, 6.07) is 14.9. The molecule has 1 fully saturated rings. The van der Waals surface area contributed by atoms with Crippen molar-refractivity contribution in [1.82, 2.24) is 9.80 Å². The Morgan fingerprint density at radius 3 is 2.54 bits per heavy atom. The van der Waals surface area contributed by atoms with Gasteiger partial charge in [-0.15, -0.1) is 0 Å². The Kier molecular flexibility index (Phi) is 7.00. The van der Waals surface area contributed by atoms with E-state index >= 15 is 0 Å². The van der Waals surface area contributed by atoms with E-state index in [1.807, 2.05) is 12.1 Å². The minimum atomic E-state index is -1.09. The van der Waals surface area contributed by atoms with Gasteiger partial charge in [0.25, 0.3) is 0 Å². The molecule has 1 saturated heterocycles. The number of benzene rings is 2. The molecule has 0 bridgehead atoms. The predicted molar refractivity (Wildman–Crippen MR) is 127 cm³/mol. The number of amidine groups is 1. The summed E-state index contributed by atoms with van der Waals surface area (Å²) in [6.07, 6.45) is 0.144. The first-order valence-electron chi connectivity index (χ1n) is 11.2. The molecule has 3 aromatic rings. The van der Waals surface area contributed by atoms with Gasteiger partial charge >= 0.3 is 17.8 Å². The van der Waals surface area contributed by atoms with Crippen LogP contribution < -0.4 is 10.5 Å². The third-order valence-electron chi connectivity index (χ3n) is 5.87. The van der Waals surface area contributed by atoms with E-state index in [-0.39, 0.29) is 25.3 Å². The van der Waals surface area contributed by atoms with Gasteiger partial charge in [-0.2, -0.15) is 0 Å². The van der Waals surface area contributed by atoms with E-state index < -0.39 is 23.8 Å². The number of carboxylic acid groups (broad SMARTS) is 1. The van der Waals surface area contributed by atoms with Crippen LogP contribution in [0.4, 0.5) is 0 Å². The largest absolute Gasteiger partial charge is 0.494 e. The first-order chi connectivity index (χ1) is 16.8. The molecule has 10 heteroatoms. The lowest BCUT2D eigenvalue weighted by molar-refractivity contribution is -0.159. The lowest BCUT2D eigenvalue weighted by Gasteiger charge is -2.37. The number of hydrogen-bond donors (Lipinski definition) is 3. The minimum Gasteiger partial charge on any atom is -0.494 e. The second-order valence-electron chi connectivity index (χ2n) is 8.23. The number of piperazine rings is 1. The number of para-hydroxylation sites is 1. The van der Waals surface area contributed by atoms with Crippen molar-refractivity contribution in [3.05, 3.63) is 65.9 Å². The zero-order valence-corrected chi connectivity index (χ0v) is 19.0. The summed E-state index contributed by atoms with van der Waals surface area (Å²) in [4.78, 5) is 40.0. The fourth-order valence-electron chi connectivity index (χ4n) is 4.07. The van der Waals surface area contributed by atoms with E-state index in [1.54, 1.807) is 42.5 Å². The summed E-state index contributed by atoms with van der Waals surface area (Å²) in [5.41, 5.74) is 6.62. The lowest BCUT2D eigenvalue weighted by Crippen LogP contribution is -2.55. The molecular formula is C25H26N4O6. The molecule has 0 saturated carbocycles. The number of carbonyl (C=O) groups is 3. The van der Waals surface area contributed by atoms with Crippen molar-refractivity contribution in [2.24, 2.45) is 5.73 Å². The molecule has 0 aliphatic carbocycles. The average molecular weight is 479 g/mol. The highest BCUT2D eigenvalue weighted by Crippen LogP contribution is 2.31. The van der Waals surface area contributed by atoms with E-state index in [0.29, 0.717) is 42.2 Å². The smallest absolute Gasteiger partial charge is 0.312 e. The number of hydrogen-bond acceptors (Lipinski definition) is 6. The van der Waals surface area contributed by atoms with Gasteiger partial charge in [0.05, 0.1) is 13.0 Å². The van der Waals surface area contributed by atoms with Crippen LogP contribution in [0.5, 0.6) is 5.75 Å². The number of furan rings is 1. The molecule has 1 aliphatic rings. The number of amides is 2. The van der Waals surface area contributed by atoms with Gasteiger partial charge in [-0.25, -0.2) is 0 Å². The number of nitrogen functional groups attached to an aromatic ring is 1. The number of carboxylic acids is 1. The number of carbonyl (C=O) groups excluding carboxylic acids is 2. The van der Waals surface area contributed by atoms with Crippen molar-refractivity contribution in [3.63, 3.8) is 0 Å². The lowest BCUT2D eigenvalue weighted by atomic mass is 10.1. The molecule has 4 rings (SSSR count). The van der Waals surface area contributed by atoms with Crippen molar-refractivity contribution in [1.29, 1.82) is 5.41 Å². The van der Waals surface area contributed by atoms with Crippen LogP contribution in [0.15, 0.2) is 59.0 Å². The second-order valence-corrected chi connectivity index (χ2v) is 8.23. The number of nitrogens with one attached hydrogen (secondary N) is 1. The molecule has 182 valence electrons. The Balaban J connectivity index is 1.35. The van der Waals surface area contributed by atoms with E-state index in [2.05, 4.69) is 0 Å². The average Bonchev–Trinajstić information content (AvgIpc) is 3.27. The van der Waals surface area contributed by atoms with Crippen LogP contribution >= 0.6 is 0 Å². The van der Waals surface area contributed by atoms with Crippen LogP contribution in [-0.4, -0.2) is 64.8 Å². The normalized spacial score (nSPS) is 14.9. The van der Waals surface area contributed by atoms with Gasteiger partial charge in [0.1, 0.15) is 29.0 Å². The quantitative estimate of drug-likeness (QED) is 0.175. The molecule has 2 amide bonds. The SMILES string of the molecule is N=C(N)c1ccc(OCCCN2CCN(C(CC(=O)O)c3cc4ccccc4o3)C(=O)C2=O)cc1. The van der Waals surface area contributed by atoms with Crippen LogP contribution in [0.3, 0.4) is 0 Å². The fourth-order valence-corrected chi connectivity index (χ4v) is 4.07. The molecule has 35 heavy (non-hydrogen) atoms. The van der Waals surface area contributed by atoms with Crippen LogP contribution in [0.25, 0.3) is 11.0 Å². The van der Waals surface area contributed by atoms with E-state index in [1.165, 1.54) is 9.80 Å². The van der Waals surface area contributed by atoms with Gasteiger partial charge in [0.2, 0.25) is 0 Å². The highest BCUT2D eigenvalue weighted by Gasteiger charge is 2.38. The number of nitrogens with two attached hydrogens (primary N) is 1. The molecular weight excluding hydrogens is 452 g/mol. The van der Waals surface area contributed by atoms with Gasteiger partial charge in [0, 0.05) is 30.6 Å². The van der Waals surface area contributed by atoms with Gasteiger partial charge in [-0.05, 0) is 42.8 Å². The highest BCUT2D eigenvalue weighted by molar-refractivity contribution is 6.35. The number of ether oxygens (including phenoxy) is 1. The molecule has 10 nitrogen and oxygen atoms in total. The zero-order chi connectivity index (χ0) is 24.9. The van der Waals surface area contributed by atoms with Crippen LogP contribution in [0.2, 0.25) is 0 Å². The van der Waals surface area contributed by atoms with Crippen LogP contribution in [-0.2, 0) is 14.4 Å². The van der Waals surface area contributed by atoms with Crippen molar-refractivity contribution in [2.45, 2.75) is 18.9 Å². The maximum Gasteiger partial charge on any atom is 0.312 e. The molecule has 0 spiro atoms. The van der Waals surface area contributed by atoms with E-state index in [4.69, 9.17) is 20.3 Å². The third kappa shape index (κ3) is 5.43. The molecule has 1 atom stereocenters. The van der Waals surface area contributed by atoms with Gasteiger partial charge < -0.3 is 29.8 Å². The maximum absolute atomic E-state index is 12.9. The number of aliphatic carboxylic acids is 1. The zero-order valence-electron chi connectivity index (χ0n) is 19.0. The topological polar surface area (TPSA) is 150 Å². The number of nitrogens with zero attached hydrogens (tertiary/aromatic N) is 2. The Morgan fingerprint density at radius 2 is 1.86 bits per heavy atom. The number of rotatable bonds is 10. The molecule has 1 unspecified atom stereocenters. The second kappa shape index (κ2) is 10.3. The molecule has 4 N–H and O–H groups in total. The fraction of sp³-hybridized carbons (Fsp3) is 0.280. The van der Waals surface area contributed by atoms with Gasteiger partial charge in [-0.1, -0.05) is 18.2 Å². The molecule has 1 aromatic heterocycles. The Bertz CT molecular complexity index is 1220. The molecule has 1 aliphatic heterocycles. The number of fused-ring (bicyclic) bond motifs is 1. The van der Waals surface area contributed by atoms with E-state index in [0.717, 1.165) is 5.39 Å². The summed E-state index contributed by atoms with van der Waals surface area (Å²) in [5, 5.41) is 17.6. The van der Waals surface area contributed by atoms with Crippen LogP contribution in [0, 0.1) is 5.41 Å². The first-order valence-corrected chi connectivity index (χ1v) is 11.2. The Hall–Kier alpha value is -4.34. The molecule has 2 heterocycles. The third-order valence-corrected chi connectivity index (χ3v) is 5.87. The molecule has 0 radical (unpaired) electrons. The minimum absolute atomic E-state index is 0.0233. The summed E-state index contributed by atoms with van der Waals surface area (Å²) in [7, 11) is 0. The monoisotopic (exact) mass is 478 g/mol.